The average molecular weight is 208 g/mol. The van der Waals surface area contributed by atoms with Crippen LogP contribution in [0.3, 0.4) is 0 Å². The minimum absolute atomic E-state index is 0.192. The van der Waals surface area contributed by atoms with Crippen LogP contribution in [0, 0.1) is 0 Å². The Morgan fingerprint density at radius 1 is 0.786 bits per heavy atom. The summed E-state index contributed by atoms with van der Waals surface area (Å²) in [6, 6.07) is 5.85. The van der Waals surface area contributed by atoms with Crippen LogP contribution in [-0.2, 0) is 13.1 Å². The van der Waals surface area contributed by atoms with Gasteiger partial charge in [0, 0.05) is 10.7 Å². The molecule has 1 aromatic rings. The third-order valence-corrected chi connectivity index (χ3v) is 1.70. The van der Waals surface area contributed by atoms with Crippen molar-refractivity contribution in [2.24, 2.45) is 0 Å². The second-order valence-corrected chi connectivity index (χ2v) is 2.69. The highest BCUT2D eigenvalue weighted by atomic mass is 19.4. The zero-order chi connectivity index (χ0) is 10.6. The summed E-state index contributed by atoms with van der Waals surface area (Å²) in [6.07, 6.45) is 0. The third-order valence-electron chi connectivity index (χ3n) is 1.70. The van der Waals surface area contributed by atoms with E-state index in [-0.39, 0.29) is 11.1 Å². The van der Waals surface area contributed by atoms with E-state index < -0.39 is 23.8 Å². The van der Waals surface area contributed by atoms with Crippen LogP contribution in [0.5, 0.6) is 0 Å². The predicted molar refractivity (Wildman–Crippen MR) is 42.0 cm³/mol. The molecule has 0 aromatic heterocycles. The predicted octanol–water partition coefficient (Wildman–Crippen LogP) is 2.83. The lowest BCUT2D eigenvalue weighted by molar-refractivity contribution is -0.167. The molecule has 78 valence electrons. The van der Waals surface area contributed by atoms with Gasteiger partial charge in [-0.2, -0.15) is 0 Å². The van der Waals surface area contributed by atoms with Crippen molar-refractivity contribution in [2.45, 2.75) is 13.1 Å². The monoisotopic (exact) mass is 208 g/mol. The number of rotatable bonds is 4. The molecule has 0 atom stereocenters. The van der Waals surface area contributed by atoms with E-state index in [1.54, 1.807) is 0 Å². The Morgan fingerprint density at radius 2 is 1.14 bits per heavy atom. The molecule has 0 saturated heterocycles. The van der Waals surface area contributed by atoms with E-state index in [9.17, 15) is 17.9 Å². The molecular weight excluding hydrogens is 200 g/mol. The number of halogens is 4. The quantitative estimate of drug-likeness (QED) is 0.554. The molecule has 1 rings (SSSR count). The Hall–Kier alpha value is -1.14. The van der Waals surface area contributed by atoms with Crippen molar-refractivity contribution in [3.8, 4) is 0 Å². The second-order valence-electron chi connectivity index (χ2n) is 2.69. The minimum Gasteiger partial charge on any atom is -0.101 e. The van der Waals surface area contributed by atoms with Gasteiger partial charge in [-0.25, -0.2) is 0 Å². The van der Waals surface area contributed by atoms with Gasteiger partial charge < -0.3 is 0 Å². The highest BCUT2D eigenvalue weighted by molar-refractivity contribution is 5.26. The van der Waals surface area contributed by atoms with Gasteiger partial charge in [0.25, 0.3) is 0 Å². The fourth-order valence-corrected chi connectivity index (χ4v) is 1.12. The topological polar surface area (TPSA) is 6.48 Å². The van der Waals surface area contributed by atoms with Crippen molar-refractivity contribution in [1.29, 1.82) is 0 Å². The van der Waals surface area contributed by atoms with Gasteiger partial charge in [-0.1, -0.05) is 24.3 Å². The van der Waals surface area contributed by atoms with E-state index in [0.717, 1.165) is 0 Å². The third kappa shape index (κ3) is 3.31. The SMILES string of the molecule is FN(F)Cc1ccccc1CN(F)F. The van der Waals surface area contributed by atoms with Crippen LogP contribution >= 0.6 is 0 Å². The van der Waals surface area contributed by atoms with Gasteiger partial charge in [0.1, 0.15) is 0 Å². The van der Waals surface area contributed by atoms with E-state index in [4.69, 9.17) is 0 Å². The van der Waals surface area contributed by atoms with E-state index in [0.29, 0.717) is 0 Å². The first-order valence-corrected chi connectivity index (χ1v) is 3.84. The molecular formula is C8H8F4N2. The van der Waals surface area contributed by atoms with Crippen molar-refractivity contribution >= 4 is 0 Å². The van der Waals surface area contributed by atoms with Gasteiger partial charge in [0.05, 0.1) is 13.1 Å². The molecule has 1 aromatic carbocycles. The van der Waals surface area contributed by atoms with E-state index in [2.05, 4.69) is 0 Å². The fraction of sp³-hybridized carbons (Fsp3) is 0.250. The molecule has 0 heterocycles. The highest BCUT2D eigenvalue weighted by Crippen LogP contribution is 2.14. The van der Waals surface area contributed by atoms with Crippen LogP contribution in [0.1, 0.15) is 11.1 Å². The minimum atomic E-state index is -1.04. The maximum atomic E-state index is 11.9. The Labute approximate surface area is 78.1 Å². The molecule has 0 saturated carbocycles. The van der Waals surface area contributed by atoms with Crippen LogP contribution in [0.4, 0.5) is 17.9 Å². The maximum absolute atomic E-state index is 11.9. The largest absolute Gasteiger partial charge is 0.101 e. The molecule has 0 unspecified atom stereocenters. The second kappa shape index (κ2) is 4.92. The van der Waals surface area contributed by atoms with Gasteiger partial charge in [0.2, 0.25) is 0 Å². The van der Waals surface area contributed by atoms with E-state index in [1.807, 2.05) is 0 Å². The van der Waals surface area contributed by atoms with Gasteiger partial charge in [-0.3, -0.25) is 0 Å². The molecule has 0 aliphatic carbocycles. The Balaban J connectivity index is 2.80. The molecule has 0 amide bonds. The molecule has 2 nitrogen and oxygen atoms in total. The van der Waals surface area contributed by atoms with Crippen LogP contribution in [0.2, 0.25) is 0 Å². The molecule has 0 N–H and O–H groups in total. The van der Waals surface area contributed by atoms with Crippen LogP contribution in [0.15, 0.2) is 24.3 Å². The van der Waals surface area contributed by atoms with E-state index >= 15 is 0 Å². The molecule has 0 radical (unpaired) electrons. The number of hydrogen-bond acceptors (Lipinski definition) is 2. The first-order valence-electron chi connectivity index (χ1n) is 3.84. The summed E-state index contributed by atoms with van der Waals surface area (Å²) in [4.78, 5) is 0. The highest BCUT2D eigenvalue weighted by Gasteiger charge is 2.09. The molecule has 0 bridgehead atoms. The van der Waals surface area contributed by atoms with Crippen molar-refractivity contribution in [3.05, 3.63) is 35.4 Å². The normalized spacial score (nSPS) is 11.3. The van der Waals surface area contributed by atoms with Crippen molar-refractivity contribution in [3.63, 3.8) is 0 Å². The Morgan fingerprint density at radius 3 is 1.43 bits per heavy atom. The maximum Gasteiger partial charge on any atom is 0.0873 e. The van der Waals surface area contributed by atoms with Gasteiger partial charge >= 0.3 is 0 Å². The summed E-state index contributed by atoms with van der Waals surface area (Å²) in [5, 5.41) is -2.08. The van der Waals surface area contributed by atoms with Crippen molar-refractivity contribution in [2.75, 3.05) is 0 Å². The summed E-state index contributed by atoms with van der Waals surface area (Å²) in [5.41, 5.74) is 0.385. The van der Waals surface area contributed by atoms with Crippen LogP contribution < -0.4 is 0 Å². The Bertz CT molecular complexity index is 261. The molecule has 14 heavy (non-hydrogen) atoms. The summed E-state index contributed by atoms with van der Waals surface area (Å²) in [5.74, 6) is 0. The molecule has 0 aliphatic heterocycles. The molecule has 0 aliphatic rings. The average Bonchev–Trinajstić information content (AvgIpc) is 2.06. The summed E-state index contributed by atoms with van der Waals surface area (Å²) in [7, 11) is 0. The standard InChI is InChI=1S/C8H8F4N2/c9-13(10)5-7-3-1-2-4-8(7)6-14(11)12/h1-4H,5-6H2. The smallest absolute Gasteiger partial charge is 0.0873 e. The van der Waals surface area contributed by atoms with Gasteiger partial charge in [-0.05, 0) is 11.1 Å². The fourth-order valence-electron chi connectivity index (χ4n) is 1.12. The summed E-state index contributed by atoms with van der Waals surface area (Å²) >= 11 is 0. The lowest BCUT2D eigenvalue weighted by Crippen LogP contribution is -2.08. The molecule has 0 spiro atoms. The van der Waals surface area contributed by atoms with E-state index in [1.165, 1.54) is 24.3 Å². The van der Waals surface area contributed by atoms with Crippen molar-refractivity contribution < 1.29 is 17.9 Å². The van der Waals surface area contributed by atoms with Gasteiger partial charge in [0.15, 0.2) is 0 Å². The molecule has 6 heteroatoms. The lowest BCUT2D eigenvalue weighted by atomic mass is 10.1. The zero-order valence-corrected chi connectivity index (χ0v) is 7.13. The number of nitrogens with zero attached hydrogens (tertiary/aromatic N) is 2. The number of benzene rings is 1. The first kappa shape index (κ1) is 10.9. The van der Waals surface area contributed by atoms with Crippen LogP contribution in [-0.4, -0.2) is 10.7 Å². The zero-order valence-electron chi connectivity index (χ0n) is 7.13. The summed E-state index contributed by atoms with van der Waals surface area (Å²) in [6.45, 7) is -1.30. The summed E-state index contributed by atoms with van der Waals surface area (Å²) < 4.78 is 47.5. The lowest BCUT2D eigenvalue weighted by Gasteiger charge is -2.08. The Kier molecular flexibility index (Phi) is 3.84. The number of hydrogen-bond donors (Lipinski definition) is 0. The van der Waals surface area contributed by atoms with Crippen LogP contribution in [0.25, 0.3) is 0 Å². The van der Waals surface area contributed by atoms with Gasteiger partial charge in [-0.15, -0.1) is 17.9 Å². The molecule has 0 fully saturated rings. The van der Waals surface area contributed by atoms with Crippen molar-refractivity contribution in [1.82, 2.24) is 10.7 Å². The first-order chi connectivity index (χ1) is 6.59.